The van der Waals surface area contributed by atoms with E-state index < -0.39 is 0 Å². The summed E-state index contributed by atoms with van der Waals surface area (Å²) in [4.78, 5) is 12.0. The Hall–Kier alpha value is -0.610. The van der Waals surface area contributed by atoms with E-state index in [1.54, 1.807) is 0 Å². The average Bonchev–Trinajstić information content (AvgIpc) is 2.34. The van der Waals surface area contributed by atoms with Crippen LogP contribution in [0.4, 0.5) is 0 Å². The zero-order valence-corrected chi connectivity index (χ0v) is 13.0. The molecule has 0 heterocycles. The Bertz CT molecular complexity index is 257. The number of amides is 1. The molecule has 0 saturated carbocycles. The summed E-state index contributed by atoms with van der Waals surface area (Å²) in [6.45, 7) is 9.16. The Morgan fingerprint density at radius 2 is 2.00 bits per heavy atom. The Balaban J connectivity index is 4.22. The molecule has 2 unspecified atom stereocenters. The lowest BCUT2D eigenvalue weighted by atomic mass is 9.88. The molecule has 4 heteroatoms. The quantitative estimate of drug-likeness (QED) is 0.570. The van der Waals surface area contributed by atoms with Gasteiger partial charge in [-0.3, -0.25) is 4.79 Å². The van der Waals surface area contributed by atoms with Crippen molar-refractivity contribution in [2.75, 3.05) is 13.2 Å². The molecular formula is C15H32N2O2. The maximum atomic E-state index is 12.0. The maximum Gasteiger partial charge on any atom is 0.220 e. The van der Waals surface area contributed by atoms with Crippen LogP contribution >= 0.6 is 0 Å². The van der Waals surface area contributed by atoms with Crippen LogP contribution in [0.5, 0.6) is 0 Å². The molecule has 0 aromatic heterocycles. The molecule has 19 heavy (non-hydrogen) atoms. The van der Waals surface area contributed by atoms with E-state index in [2.05, 4.69) is 19.2 Å². The van der Waals surface area contributed by atoms with Crippen molar-refractivity contribution in [3.8, 4) is 0 Å². The van der Waals surface area contributed by atoms with Crippen LogP contribution in [0.15, 0.2) is 0 Å². The molecule has 0 fully saturated rings. The van der Waals surface area contributed by atoms with E-state index in [4.69, 9.17) is 10.8 Å². The number of nitrogens with two attached hydrogens (primary N) is 1. The fourth-order valence-electron chi connectivity index (χ4n) is 2.32. The molecule has 0 radical (unpaired) electrons. The molecule has 1 amide bonds. The third-order valence-corrected chi connectivity index (χ3v) is 4.11. The van der Waals surface area contributed by atoms with Gasteiger partial charge in [-0.05, 0) is 51.0 Å². The fraction of sp³-hybridized carbons (Fsp3) is 0.933. The van der Waals surface area contributed by atoms with Crippen molar-refractivity contribution < 1.29 is 9.90 Å². The average molecular weight is 272 g/mol. The van der Waals surface area contributed by atoms with Crippen LogP contribution < -0.4 is 11.1 Å². The van der Waals surface area contributed by atoms with Gasteiger partial charge in [0.2, 0.25) is 5.91 Å². The zero-order valence-electron chi connectivity index (χ0n) is 13.0. The second-order valence-electron chi connectivity index (χ2n) is 6.06. The van der Waals surface area contributed by atoms with Gasteiger partial charge >= 0.3 is 0 Å². The monoisotopic (exact) mass is 272 g/mol. The predicted octanol–water partition coefficient (Wildman–Crippen LogP) is 2.05. The highest BCUT2D eigenvalue weighted by Crippen LogP contribution is 2.21. The first-order valence-corrected chi connectivity index (χ1v) is 7.50. The number of hydrogen-bond donors (Lipinski definition) is 3. The third kappa shape index (κ3) is 7.53. The molecule has 0 aliphatic rings. The molecule has 114 valence electrons. The molecule has 0 rings (SSSR count). The normalized spacial score (nSPS) is 16.2. The second kappa shape index (κ2) is 9.32. The SMILES string of the molecule is CCC(C)(CCO)NC(=O)CCC(CCN)C(C)C. The summed E-state index contributed by atoms with van der Waals surface area (Å²) in [6.07, 6.45) is 3.84. The molecule has 0 spiro atoms. The van der Waals surface area contributed by atoms with E-state index in [9.17, 15) is 4.79 Å². The molecule has 2 atom stereocenters. The van der Waals surface area contributed by atoms with E-state index in [0.29, 0.717) is 31.2 Å². The molecule has 0 aliphatic heterocycles. The van der Waals surface area contributed by atoms with Gasteiger partial charge in [0.05, 0.1) is 0 Å². The Morgan fingerprint density at radius 1 is 1.37 bits per heavy atom. The molecule has 0 bridgehead atoms. The maximum absolute atomic E-state index is 12.0. The zero-order chi connectivity index (χ0) is 14.9. The van der Waals surface area contributed by atoms with E-state index in [1.165, 1.54) is 0 Å². The van der Waals surface area contributed by atoms with Crippen molar-refractivity contribution in [3.63, 3.8) is 0 Å². The van der Waals surface area contributed by atoms with E-state index in [0.717, 1.165) is 19.3 Å². The van der Waals surface area contributed by atoms with Gasteiger partial charge in [0.1, 0.15) is 0 Å². The molecule has 0 saturated heterocycles. The van der Waals surface area contributed by atoms with Crippen LogP contribution in [0.1, 0.15) is 59.8 Å². The van der Waals surface area contributed by atoms with Crippen LogP contribution in [-0.4, -0.2) is 29.7 Å². The smallest absolute Gasteiger partial charge is 0.220 e. The summed E-state index contributed by atoms with van der Waals surface area (Å²) in [5.74, 6) is 1.16. The number of nitrogens with one attached hydrogen (secondary N) is 1. The van der Waals surface area contributed by atoms with E-state index in [1.807, 2.05) is 13.8 Å². The summed E-state index contributed by atoms with van der Waals surface area (Å²) in [6, 6.07) is 0. The number of hydrogen-bond acceptors (Lipinski definition) is 3. The van der Waals surface area contributed by atoms with Crippen molar-refractivity contribution in [1.29, 1.82) is 0 Å². The minimum atomic E-state index is -0.285. The Morgan fingerprint density at radius 3 is 2.42 bits per heavy atom. The lowest BCUT2D eigenvalue weighted by Crippen LogP contribution is -2.46. The van der Waals surface area contributed by atoms with Gasteiger partial charge in [-0.25, -0.2) is 0 Å². The van der Waals surface area contributed by atoms with Gasteiger partial charge in [0.25, 0.3) is 0 Å². The first-order valence-electron chi connectivity index (χ1n) is 7.50. The van der Waals surface area contributed by atoms with E-state index >= 15 is 0 Å². The largest absolute Gasteiger partial charge is 0.396 e. The highest BCUT2D eigenvalue weighted by atomic mass is 16.3. The molecule has 4 nitrogen and oxygen atoms in total. The van der Waals surface area contributed by atoms with Crippen LogP contribution in [-0.2, 0) is 4.79 Å². The molecule has 0 aliphatic carbocycles. The minimum absolute atomic E-state index is 0.0838. The van der Waals surface area contributed by atoms with Gasteiger partial charge in [-0.2, -0.15) is 0 Å². The highest BCUT2D eigenvalue weighted by molar-refractivity contribution is 5.76. The number of aliphatic hydroxyl groups is 1. The summed E-state index contributed by atoms with van der Waals surface area (Å²) < 4.78 is 0. The highest BCUT2D eigenvalue weighted by Gasteiger charge is 2.24. The van der Waals surface area contributed by atoms with Crippen LogP contribution in [0.3, 0.4) is 0 Å². The number of rotatable bonds is 10. The Kier molecular flexibility index (Phi) is 9.02. The standard InChI is InChI=1S/C15H32N2O2/c1-5-15(4,9-11-18)17-14(19)7-6-13(8-10-16)12(2)3/h12-13,18H,5-11,16H2,1-4H3,(H,17,19). The van der Waals surface area contributed by atoms with Crippen LogP contribution in [0.2, 0.25) is 0 Å². The van der Waals surface area contributed by atoms with Crippen molar-refractivity contribution in [2.45, 2.75) is 65.3 Å². The van der Waals surface area contributed by atoms with Crippen LogP contribution in [0.25, 0.3) is 0 Å². The number of carbonyl (C=O) groups is 1. The summed E-state index contributed by atoms with van der Waals surface area (Å²) in [7, 11) is 0. The topological polar surface area (TPSA) is 75.3 Å². The van der Waals surface area contributed by atoms with Gasteiger partial charge in [-0.1, -0.05) is 20.8 Å². The second-order valence-corrected chi connectivity index (χ2v) is 6.06. The summed E-state index contributed by atoms with van der Waals surface area (Å²) in [5, 5.41) is 12.1. The van der Waals surface area contributed by atoms with Gasteiger partial charge in [-0.15, -0.1) is 0 Å². The van der Waals surface area contributed by atoms with Crippen molar-refractivity contribution in [1.82, 2.24) is 5.32 Å². The van der Waals surface area contributed by atoms with Crippen molar-refractivity contribution in [3.05, 3.63) is 0 Å². The predicted molar refractivity (Wildman–Crippen MR) is 79.8 cm³/mol. The molecule has 4 N–H and O–H groups in total. The molecule has 0 aromatic rings. The van der Waals surface area contributed by atoms with Crippen molar-refractivity contribution >= 4 is 5.91 Å². The van der Waals surface area contributed by atoms with Gasteiger partial charge in [0.15, 0.2) is 0 Å². The number of aliphatic hydroxyl groups excluding tert-OH is 1. The first-order chi connectivity index (χ1) is 8.88. The number of carbonyl (C=O) groups excluding carboxylic acids is 1. The Labute approximate surface area is 118 Å². The van der Waals surface area contributed by atoms with E-state index in [-0.39, 0.29) is 18.1 Å². The molecule has 0 aromatic carbocycles. The van der Waals surface area contributed by atoms with Gasteiger partial charge in [0, 0.05) is 18.6 Å². The van der Waals surface area contributed by atoms with Crippen LogP contribution in [0, 0.1) is 11.8 Å². The summed E-state index contributed by atoms with van der Waals surface area (Å²) >= 11 is 0. The third-order valence-electron chi connectivity index (χ3n) is 4.11. The lowest BCUT2D eigenvalue weighted by Gasteiger charge is -2.29. The first kappa shape index (κ1) is 18.4. The fourth-order valence-corrected chi connectivity index (χ4v) is 2.32. The lowest BCUT2D eigenvalue weighted by molar-refractivity contribution is -0.123. The minimum Gasteiger partial charge on any atom is -0.396 e. The molecular weight excluding hydrogens is 240 g/mol. The summed E-state index contributed by atoms with van der Waals surface area (Å²) in [5.41, 5.74) is 5.32. The van der Waals surface area contributed by atoms with Gasteiger partial charge < -0.3 is 16.2 Å². The van der Waals surface area contributed by atoms with Crippen molar-refractivity contribution in [2.24, 2.45) is 17.6 Å².